The Labute approximate surface area is 110 Å². The Morgan fingerprint density at radius 3 is 2.89 bits per heavy atom. The van der Waals surface area contributed by atoms with Crippen LogP contribution in [0.4, 0.5) is 0 Å². The van der Waals surface area contributed by atoms with Crippen molar-refractivity contribution < 1.29 is 23.8 Å². The number of rotatable bonds is 4. The predicted octanol–water partition coefficient (Wildman–Crippen LogP) is 1.57. The van der Waals surface area contributed by atoms with Gasteiger partial charge in [-0.15, -0.1) is 0 Å². The molecule has 0 aliphatic carbocycles. The van der Waals surface area contributed by atoms with Crippen molar-refractivity contribution in [3.8, 4) is 5.75 Å². The summed E-state index contributed by atoms with van der Waals surface area (Å²) in [7, 11) is 1.55. The highest BCUT2D eigenvalue weighted by Crippen LogP contribution is 2.28. The molecule has 0 fully saturated rings. The Kier molecular flexibility index (Phi) is 3.85. The van der Waals surface area contributed by atoms with Gasteiger partial charge >= 0.3 is 11.9 Å². The normalized spacial score (nSPS) is 14.3. The largest absolute Gasteiger partial charge is 0.497 e. The van der Waals surface area contributed by atoms with E-state index in [2.05, 4.69) is 0 Å². The molecule has 0 atom stereocenters. The third-order valence-electron chi connectivity index (χ3n) is 2.75. The summed E-state index contributed by atoms with van der Waals surface area (Å²) in [6.45, 7) is 1.96. The van der Waals surface area contributed by atoms with Crippen LogP contribution in [0.25, 0.3) is 5.57 Å². The standard InChI is InChI=1S/C14H14O5/c1-3-18-13(15)12-11(8-19-14(12)16)9-5-4-6-10(7-9)17-2/h4-7H,3,8H2,1-2H3. The van der Waals surface area contributed by atoms with E-state index in [1.807, 2.05) is 0 Å². The molecule has 100 valence electrons. The molecule has 0 radical (unpaired) electrons. The van der Waals surface area contributed by atoms with Crippen LogP contribution in [0.1, 0.15) is 12.5 Å². The Morgan fingerprint density at radius 2 is 2.21 bits per heavy atom. The third kappa shape index (κ3) is 2.59. The van der Waals surface area contributed by atoms with Crippen LogP contribution in [-0.2, 0) is 19.1 Å². The summed E-state index contributed by atoms with van der Waals surface area (Å²) < 4.78 is 14.9. The monoisotopic (exact) mass is 262 g/mol. The molecule has 1 aliphatic heterocycles. The summed E-state index contributed by atoms with van der Waals surface area (Å²) >= 11 is 0. The van der Waals surface area contributed by atoms with Crippen molar-refractivity contribution in [3.63, 3.8) is 0 Å². The molecule has 1 aliphatic rings. The first kappa shape index (κ1) is 13.1. The molecule has 5 nitrogen and oxygen atoms in total. The van der Waals surface area contributed by atoms with Crippen LogP contribution in [0.5, 0.6) is 5.75 Å². The van der Waals surface area contributed by atoms with Gasteiger partial charge in [-0.25, -0.2) is 9.59 Å². The van der Waals surface area contributed by atoms with E-state index >= 15 is 0 Å². The Morgan fingerprint density at radius 1 is 1.42 bits per heavy atom. The van der Waals surface area contributed by atoms with E-state index in [-0.39, 0.29) is 18.8 Å². The van der Waals surface area contributed by atoms with Crippen molar-refractivity contribution in [2.24, 2.45) is 0 Å². The average Bonchev–Trinajstić information content (AvgIpc) is 2.81. The van der Waals surface area contributed by atoms with Gasteiger partial charge in [0.1, 0.15) is 12.4 Å². The molecule has 0 amide bonds. The molecule has 0 N–H and O–H groups in total. The second kappa shape index (κ2) is 5.56. The quantitative estimate of drug-likeness (QED) is 0.609. The molecule has 19 heavy (non-hydrogen) atoms. The fourth-order valence-electron chi connectivity index (χ4n) is 1.85. The molecule has 0 spiro atoms. The fourth-order valence-corrected chi connectivity index (χ4v) is 1.85. The molecule has 5 heteroatoms. The number of esters is 2. The van der Waals surface area contributed by atoms with Gasteiger partial charge < -0.3 is 14.2 Å². The molecule has 0 saturated carbocycles. The minimum atomic E-state index is -0.650. The van der Waals surface area contributed by atoms with Gasteiger partial charge in [0, 0.05) is 5.57 Å². The van der Waals surface area contributed by atoms with E-state index < -0.39 is 11.9 Å². The molecule has 2 rings (SSSR count). The van der Waals surface area contributed by atoms with Crippen molar-refractivity contribution in [1.82, 2.24) is 0 Å². The minimum absolute atomic E-state index is 0.0323. The van der Waals surface area contributed by atoms with E-state index in [9.17, 15) is 9.59 Å². The lowest BCUT2D eigenvalue weighted by molar-refractivity contribution is -0.144. The number of carbonyl (C=O) groups is 2. The first-order valence-electron chi connectivity index (χ1n) is 5.89. The smallest absolute Gasteiger partial charge is 0.346 e. The summed E-state index contributed by atoms with van der Waals surface area (Å²) in [5.41, 5.74) is 1.21. The van der Waals surface area contributed by atoms with Crippen LogP contribution < -0.4 is 4.74 Å². The molecular formula is C14H14O5. The van der Waals surface area contributed by atoms with Crippen molar-refractivity contribution in [2.45, 2.75) is 6.92 Å². The van der Waals surface area contributed by atoms with Gasteiger partial charge in [0.2, 0.25) is 0 Å². The zero-order chi connectivity index (χ0) is 13.8. The molecule has 1 heterocycles. The van der Waals surface area contributed by atoms with E-state index in [0.29, 0.717) is 16.9 Å². The van der Waals surface area contributed by atoms with Gasteiger partial charge in [-0.1, -0.05) is 12.1 Å². The number of ether oxygens (including phenoxy) is 3. The average molecular weight is 262 g/mol. The Balaban J connectivity index is 2.44. The SMILES string of the molecule is CCOC(=O)C1=C(c2cccc(OC)c2)COC1=O. The molecule has 1 aromatic rings. The maximum absolute atomic E-state index is 11.8. The number of cyclic esters (lactones) is 1. The van der Waals surface area contributed by atoms with Gasteiger partial charge in [0.15, 0.2) is 5.57 Å². The summed E-state index contributed by atoms with van der Waals surface area (Å²) in [4.78, 5) is 23.4. The highest BCUT2D eigenvalue weighted by molar-refractivity contribution is 6.22. The summed E-state index contributed by atoms with van der Waals surface area (Å²) in [6.07, 6.45) is 0. The molecule has 0 aromatic heterocycles. The van der Waals surface area contributed by atoms with E-state index in [0.717, 1.165) is 0 Å². The Bertz CT molecular complexity index is 545. The van der Waals surface area contributed by atoms with Gasteiger partial charge in [0.05, 0.1) is 13.7 Å². The summed E-state index contributed by atoms with van der Waals surface area (Å²) in [5.74, 6) is -0.647. The van der Waals surface area contributed by atoms with Gasteiger partial charge in [-0.05, 0) is 24.6 Å². The number of hydrogen-bond donors (Lipinski definition) is 0. The molecular weight excluding hydrogens is 248 g/mol. The first-order valence-corrected chi connectivity index (χ1v) is 5.89. The lowest BCUT2D eigenvalue weighted by atomic mass is 10.0. The fraction of sp³-hybridized carbons (Fsp3) is 0.286. The van der Waals surface area contributed by atoms with Crippen molar-refractivity contribution >= 4 is 17.5 Å². The maximum atomic E-state index is 11.8. The van der Waals surface area contributed by atoms with Crippen LogP contribution in [0, 0.1) is 0 Å². The molecule has 0 unspecified atom stereocenters. The molecule has 0 bridgehead atoms. The maximum Gasteiger partial charge on any atom is 0.346 e. The van der Waals surface area contributed by atoms with Gasteiger partial charge in [0.25, 0.3) is 0 Å². The van der Waals surface area contributed by atoms with E-state index in [1.165, 1.54) is 0 Å². The molecule has 1 aromatic carbocycles. The predicted molar refractivity (Wildman–Crippen MR) is 67.5 cm³/mol. The topological polar surface area (TPSA) is 61.8 Å². The highest BCUT2D eigenvalue weighted by Gasteiger charge is 2.32. The van der Waals surface area contributed by atoms with Crippen molar-refractivity contribution in [3.05, 3.63) is 35.4 Å². The van der Waals surface area contributed by atoms with Crippen LogP contribution in [0.2, 0.25) is 0 Å². The van der Waals surface area contributed by atoms with Gasteiger partial charge in [-0.2, -0.15) is 0 Å². The first-order chi connectivity index (χ1) is 9.17. The third-order valence-corrected chi connectivity index (χ3v) is 2.75. The van der Waals surface area contributed by atoms with Crippen LogP contribution in [0.15, 0.2) is 29.8 Å². The second-order valence-corrected chi connectivity index (χ2v) is 3.88. The highest BCUT2D eigenvalue weighted by atomic mass is 16.6. The number of carbonyl (C=O) groups excluding carboxylic acids is 2. The van der Waals surface area contributed by atoms with Crippen LogP contribution >= 0.6 is 0 Å². The zero-order valence-electron chi connectivity index (χ0n) is 10.8. The van der Waals surface area contributed by atoms with E-state index in [1.54, 1.807) is 38.3 Å². The Hall–Kier alpha value is -2.30. The van der Waals surface area contributed by atoms with Gasteiger partial charge in [-0.3, -0.25) is 0 Å². The van der Waals surface area contributed by atoms with E-state index in [4.69, 9.17) is 14.2 Å². The van der Waals surface area contributed by atoms with Crippen LogP contribution in [0.3, 0.4) is 0 Å². The lowest BCUT2D eigenvalue weighted by Crippen LogP contribution is -2.14. The zero-order valence-corrected chi connectivity index (χ0v) is 10.8. The lowest BCUT2D eigenvalue weighted by Gasteiger charge is -2.06. The van der Waals surface area contributed by atoms with Crippen molar-refractivity contribution in [1.29, 1.82) is 0 Å². The van der Waals surface area contributed by atoms with Crippen molar-refractivity contribution in [2.75, 3.05) is 20.3 Å². The minimum Gasteiger partial charge on any atom is -0.497 e. The van der Waals surface area contributed by atoms with Crippen LogP contribution in [-0.4, -0.2) is 32.3 Å². The number of hydrogen-bond acceptors (Lipinski definition) is 5. The second-order valence-electron chi connectivity index (χ2n) is 3.88. The number of benzene rings is 1. The molecule has 0 saturated heterocycles. The summed E-state index contributed by atoms with van der Waals surface area (Å²) in [5, 5.41) is 0. The summed E-state index contributed by atoms with van der Waals surface area (Å²) in [6, 6.07) is 7.11. The number of methoxy groups -OCH3 is 1.